The molecule has 0 aromatic heterocycles. The highest BCUT2D eigenvalue weighted by atomic mass is 16.6. The summed E-state index contributed by atoms with van der Waals surface area (Å²) in [6.45, 7) is 9.67. The van der Waals surface area contributed by atoms with Gasteiger partial charge in [-0.05, 0) is 51.5 Å². The van der Waals surface area contributed by atoms with E-state index in [1.54, 1.807) is 25.7 Å². The number of carbonyl (C=O) groups excluding carboxylic acids is 4. The minimum absolute atomic E-state index is 0.142. The van der Waals surface area contributed by atoms with Crippen LogP contribution < -0.4 is 10.6 Å². The standard InChI is InChI=1S/C25H37N3O5/c1-17(2)14-21(23(31)28-13-9-12-19(28)16-29)26-22(30)20(15-18-10-7-6-8-11-18)27-24(32)33-25(3,4)5/h6-8,10-11,16-17,19-21H,9,12-15H2,1-5H3,(H,26,30)(H,27,32)/t19-,20+,21-/m0/s1. The number of carbonyl (C=O) groups is 4. The largest absolute Gasteiger partial charge is 0.444 e. The summed E-state index contributed by atoms with van der Waals surface area (Å²) in [7, 11) is 0. The molecule has 1 aliphatic rings. The van der Waals surface area contributed by atoms with Gasteiger partial charge in [0.05, 0.1) is 6.04 Å². The summed E-state index contributed by atoms with van der Waals surface area (Å²) >= 11 is 0. The first kappa shape index (κ1) is 26.4. The first-order valence-corrected chi connectivity index (χ1v) is 11.6. The molecular weight excluding hydrogens is 422 g/mol. The third-order valence-corrected chi connectivity index (χ3v) is 5.35. The van der Waals surface area contributed by atoms with Crippen molar-refractivity contribution in [1.82, 2.24) is 15.5 Å². The van der Waals surface area contributed by atoms with Crippen molar-refractivity contribution in [1.29, 1.82) is 0 Å². The van der Waals surface area contributed by atoms with Gasteiger partial charge in [0, 0.05) is 13.0 Å². The van der Waals surface area contributed by atoms with E-state index in [9.17, 15) is 19.2 Å². The number of nitrogens with zero attached hydrogens (tertiary/aromatic N) is 1. The second-order valence-corrected chi connectivity index (χ2v) is 9.96. The SMILES string of the molecule is CC(C)C[C@H](NC(=O)[C@@H](Cc1ccccc1)NC(=O)OC(C)(C)C)C(=O)N1CCC[C@H]1C=O. The predicted molar refractivity (Wildman–Crippen MR) is 125 cm³/mol. The lowest BCUT2D eigenvalue weighted by Gasteiger charge is -2.29. The lowest BCUT2D eigenvalue weighted by Crippen LogP contribution is -2.56. The zero-order valence-corrected chi connectivity index (χ0v) is 20.3. The quantitative estimate of drug-likeness (QED) is 0.553. The molecule has 3 atom stereocenters. The van der Waals surface area contributed by atoms with Crippen LogP contribution in [0.3, 0.4) is 0 Å². The topological polar surface area (TPSA) is 105 Å². The third kappa shape index (κ3) is 8.51. The fourth-order valence-electron chi connectivity index (χ4n) is 3.88. The molecule has 1 fully saturated rings. The lowest BCUT2D eigenvalue weighted by atomic mass is 10.0. The van der Waals surface area contributed by atoms with Crippen molar-refractivity contribution in [3.63, 3.8) is 0 Å². The molecule has 1 aromatic rings. The summed E-state index contributed by atoms with van der Waals surface area (Å²) in [5.41, 5.74) is 0.147. The van der Waals surface area contributed by atoms with Crippen molar-refractivity contribution in [2.75, 3.05) is 6.54 Å². The molecule has 3 amide bonds. The molecule has 1 aliphatic heterocycles. The van der Waals surface area contributed by atoms with E-state index in [1.807, 2.05) is 44.2 Å². The van der Waals surface area contributed by atoms with Gasteiger partial charge in [-0.2, -0.15) is 0 Å². The number of benzene rings is 1. The number of alkyl carbamates (subject to hydrolysis) is 1. The van der Waals surface area contributed by atoms with Crippen LogP contribution in [0.4, 0.5) is 4.79 Å². The molecule has 2 rings (SSSR count). The van der Waals surface area contributed by atoms with Gasteiger partial charge in [-0.15, -0.1) is 0 Å². The molecule has 0 spiro atoms. The fourth-order valence-corrected chi connectivity index (χ4v) is 3.88. The first-order valence-electron chi connectivity index (χ1n) is 11.6. The Morgan fingerprint density at radius 1 is 1.12 bits per heavy atom. The van der Waals surface area contributed by atoms with Gasteiger partial charge in [0.25, 0.3) is 0 Å². The highest BCUT2D eigenvalue weighted by Crippen LogP contribution is 2.19. The number of amides is 3. The lowest BCUT2D eigenvalue weighted by molar-refractivity contribution is -0.139. The normalized spacial score (nSPS) is 17.9. The molecule has 8 nitrogen and oxygen atoms in total. The maximum atomic E-state index is 13.3. The van der Waals surface area contributed by atoms with Gasteiger partial charge in [-0.3, -0.25) is 9.59 Å². The average molecular weight is 460 g/mol. The molecule has 8 heteroatoms. The Balaban J connectivity index is 2.20. The van der Waals surface area contributed by atoms with Gasteiger partial charge in [0.15, 0.2) is 0 Å². The maximum Gasteiger partial charge on any atom is 0.408 e. The van der Waals surface area contributed by atoms with E-state index in [0.717, 1.165) is 18.3 Å². The second kappa shape index (κ2) is 11.8. The van der Waals surface area contributed by atoms with E-state index in [-0.39, 0.29) is 18.2 Å². The fraction of sp³-hybridized carbons (Fsp3) is 0.600. The van der Waals surface area contributed by atoms with Crippen molar-refractivity contribution in [3.05, 3.63) is 35.9 Å². The van der Waals surface area contributed by atoms with Gasteiger partial charge in [-0.25, -0.2) is 4.79 Å². The molecule has 33 heavy (non-hydrogen) atoms. The van der Waals surface area contributed by atoms with E-state index in [0.29, 0.717) is 19.4 Å². The predicted octanol–water partition coefficient (Wildman–Crippen LogP) is 2.84. The molecule has 182 valence electrons. The summed E-state index contributed by atoms with van der Waals surface area (Å²) < 4.78 is 5.34. The smallest absolute Gasteiger partial charge is 0.408 e. The molecule has 1 aromatic carbocycles. The van der Waals surface area contributed by atoms with E-state index in [1.165, 1.54) is 0 Å². The molecule has 0 unspecified atom stereocenters. The van der Waals surface area contributed by atoms with Crippen LogP contribution in [-0.2, 0) is 25.5 Å². The summed E-state index contributed by atoms with van der Waals surface area (Å²) in [6, 6.07) is 7.16. The maximum absolute atomic E-state index is 13.3. The zero-order chi connectivity index (χ0) is 24.6. The molecule has 2 N–H and O–H groups in total. The molecule has 0 saturated carbocycles. The van der Waals surface area contributed by atoms with Gasteiger partial charge < -0.3 is 25.1 Å². The van der Waals surface area contributed by atoms with E-state index in [4.69, 9.17) is 4.74 Å². The Bertz CT molecular complexity index is 819. The van der Waals surface area contributed by atoms with Crippen LogP contribution in [-0.4, -0.2) is 59.4 Å². The van der Waals surface area contributed by atoms with E-state index in [2.05, 4.69) is 10.6 Å². The number of likely N-dealkylation sites (tertiary alicyclic amines) is 1. The number of ether oxygens (including phenoxy) is 1. The molecule has 1 saturated heterocycles. The third-order valence-electron chi connectivity index (χ3n) is 5.35. The number of aldehydes is 1. The van der Waals surface area contributed by atoms with E-state index >= 15 is 0 Å². The van der Waals surface area contributed by atoms with Crippen LogP contribution in [0.1, 0.15) is 59.4 Å². The molecular formula is C25H37N3O5. The van der Waals surface area contributed by atoms with Crippen LogP contribution in [0.25, 0.3) is 0 Å². The van der Waals surface area contributed by atoms with Crippen molar-refractivity contribution in [2.45, 2.75) is 84.0 Å². The Morgan fingerprint density at radius 2 is 1.79 bits per heavy atom. The zero-order valence-electron chi connectivity index (χ0n) is 20.3. The van der Waals surface area contributed by atoms with Crippen molar-refractivity contribution < 1.29 is 23.9 Å². The summed E-state index contributed by atoms with van der Waals surface area (Å²) in [6.07, 6.45) is 2.15. The van der Waals surface area contributed by atoms with Gasteiger partial charge >= 0.3 is 6.09 Å². The summed E-state index contributed by atoms with van der Waals surface area (Å²) in [4.78, 5) is 51.9. The number of hydrogen-bond donors (Lipinski definition) is 2. The average Bonchev–Trinajstić information content (AvgIpc) is 3.20. The van der Waals surface area contributed by atoms with Crippen LogP contribution in [0.15, 0.2) is 30.3 Å². The van der Waals surface area contributed by atoms with Crippen molar-refractivity contribution in [3.8, 4) is 0 Å². The van der Waals surface area contributed by atoms with Gasteiger partial charge in [0.1, 0.15) is 24.0 Å². The second-order valence-electron chi connectivity index (χ2n) is 9.96. The Kier molecular flexibility index (Phi) is 9.44. The van der Waals surface area contributed by atoms with Crippen LogP contribution in [0.5, 0.6) is 0 Å². The Morgan fingerprint density at radius 3 is 2.36 bits per heavy atom. The Hall–Kier alpha value is -2.90. The van der Waals surface area contributed by atoms with Crippen molar-refractivity contribution in [2.24, 2.45) is 5.92 Å². The summed E-state index contributed by atoms with van der Waals surface area (Å²) in [5.74, 6) is -0.587. The van der Waals surface area contributed by atoms with E-state index < -0.39 is 35.7 Å². The summed E-state index contributed by atoms with van der Waals surface area (Å²) in [5, 5.41) is 5.50. The minimum Gasteiger partial charge on any atom is -0.444 e. The van der Waals surface area contributed by atoms with Crippen LogP contribution in [0, 0.1) is 5.92 Å². The number of nitrogens with one attached hydrogen (secondary N) is 2. The van der Waals surface area contributed by atoms with Gasteiger partial charge in [-0.1, -0.05) is 44.2 Å². The Labute approximate surface area is 196 Å². The number of rotatable bonds is 9. The molecule has 0 bridgehead atoms. The monoisotopic (exact) mass is 459 g/mol. The van der Waals surface area contributed by atoms with Gasteiger partial charge in [0.2, 0.25) is 11.8 Å². The highest BCUT2D eigenvalue weighted by molar-refractivity contribution is 5.92. The molecule has 0 radical (unpaired) electrons. The number of hydrogen-bond acceptors (Lipinski definition) is 5. The highest BCUT2D eigenvalue weighted by Gasteiger charge is 2.35. The molecule has 0 aliphatic carbocycles. The van der Waals surface area contributed by atoms with Crippen LogP contribution >= 0.6 is 0 Å². The van der Waals surface area contributed by atoms with Crippen LogP contribution in [0.2, 0.25) is 0 Å². The van der Waals surface area contributed by atoms with Crippen molar-refractivity contribution >= 4 is 24.2 Å². The minimum atomic E-state index is -0.926. The molecule has 1 heterocycles. The first-order chi connectivity index (χ1) is 15.5.